The van der Waals surface area contributed by atoms with Gasteiger partial charge in [0.05, 0.1) is 11.4 Å². The van der Waals surface area contributed by atoms with Crippen molar-refractivity contribution in [1.29, 1.82) is 0 Å². The second-order valence-electron chi connectivity index (χ2n) is 8.40. The van der Waals surface area contributed by atoms with E-state index in [9.17, 15) is 4.79 Å². The summed E-state index contributed by atoms with van der Waals surface area (Å²) >= 11 is 0. The summed E-state index contributed by atoms with van der Waals surface area (Å²) in [7, 11) is 0. The first-order valence-electron chi connectivity index (χ1n) is 11.9. The summed E-state index contributed by atoms with van der Waals surface area (Å²) in [5, 5.41) is 14.2. The van der Waals surface area contributed by atoms with E-state index < -0.39 is 5.97 Å². The van der Waals surface area contributed by atoms with E-state index in [2.05, 4.69) is 55.5 Å². The predicted octanol–water partition coefficient (Wildman–Crippen LogP) is 6.90. The Bertz CT molecular complexity index is 1490. The van der Waals surface area contributed by atoms with Crippen molar-refractivity contribution in [3.63, 3.8) is 0 Å². The number of aliphatic carboxylic acids is 1. The van der Waals surface area contributed by atoms with E-state index in [1.165, 1.54) is 0 Å². The van der Waals surface area contributed by atoms with Gasteiger partial charge in [-0.05, 0) is 35.7 Å². The Hall–Kier alpha value is -4.64. The molecule has 0 bridgehead atoms. The van der Waals surface area contributed by atoms with Crippen molar-refractivity contribution >= 4 is 5.97 Å². The minimum Gasteiger partial charge on any atom is -0.482 e. The van der Waals surface area contributed by atoms with E-state index in [1.807, 2.05) is 59.3 Å². The molecule has 4 aromatic carbocycles. The summed E-state index contributed by atoms with van der Waals surface area (Å²) in [6.45, 7) is 1.77. The zero-order valence-corrected chi connectivity index (χ0v) is 20.0. The molecule has 0 unspecified atom stereocenters. The quantitative estimate of drug-likeness (QED) is 0.265. The average Bonchev–Trinajstić information content (AvgIpc) is 3.32. The molecule has 178 valence electrons. The Morgan fingerprint density at radius 1 is 0.833 bits per heavy atom. The number of hydrogen-bond acceptors (Lipinski definition) is 3. The van der Waals surface area contributed by atoms with E-state index in [0.29, 0.717) is 5.75 Å². The number of para-hydroxylation sites is 1. The molecule has 36 heavy (non-hydrogen) atoms. The Morgan fingerprint density at radius 3 is 2.17 bits per heavy atom. The van der Waals surface area contributed by atoms with Crippen LogP contribution in [0.1, 0.15) is 12.6 Å². The second-order valence-corrected chi connectivity index (χ2v) is 8.40. The summed E-state index contributed by atoms with van der Waals surface area (Å²) in [6.07, 6.45) is 0.792. The highest BCUT2D eigenvalue weighted by molar-refractivity contribution is 5.84. The van der Waals surface area contributed by atoms with Gasteiger partial charge in [0.1, 0.15) is 11.4 Å². The number of ether oxygens (including phenoxy) is 1. The summed E-state index contributed by atoms with van der Waals surface area (Å²) in [5.41, 5.74) is 8.22. The van der Waals surface area contributed by atoms with Crippen molar-refractivity contribution in [2.45, 2.75) is 13.3 Å². The lowest BCUT2D eigenvalue weighted by Crippen LogP contribution is -2.09. The lowest BCUT2D eigenvalue weighted by molar-refractivity contribution is -0.139. The molecule has 1 N–H and O–H groups in total. The molecule has 0 aliphatic carbocycles. The molecule has 0 amide bonds. The average molecular weight is 477 g/mol. The third kappa shape index (κ3) is 4.64. The van der Waals surface area contributed by atoms with Crippen LogP contribution in [0.3, 0.4) is 0 Å². The summed E-state index contributed by atoms with van der Waals surface area (Å²) in [6, 6.07) is 36.3. The molecule has 0 saturated carbocycles. The monoisotopic (exact) mass is 476 g/mol. The molecule has 0 atom stereocenters. The molecule has 0 saturated heterocycles. The van der Waals surface area contributed by atoms with E-state index in [1.54, 1.807) is 6.07 Å². The molecule has 5 heteroatoms. The number of carboxylic acids is 1. The highest BCUT2D eigenvalue weighted by Gasteiger charge is 2.22. The molecular formula is C31H26N2O3. The molecule has 0 spiro atoms. The van der Waals surface area contributed by atoms with Gasteiger partial charge in [0.15, 0.2) is 6.61 Å². The number of hydrogen-bond donors (Lipinski definition) is 1. The van der Waals surface area contributed by atoms with E-state index in [4.69, 9.17) is 14.9 Å². The van der Waals surface area contributed by atoms with Crippen LogP contribution in [0, 0.1) is 0 Å². The Labute approximate surface area is 210 Å². The fraction of sp³-hybridized carbons (Fsp3) is 0.0968. The van der Waals surface area contributed by atoms with Crippen LogP contribution in [0.5, 0.6) is 5.75 Å². The van der Waals surface area contributed by atoms with E-state index in [-0.39, 0.29) is 6.61 Å². The lowest BCUT2D eigenvalue weighted by Gasteiger charge is -2.14. The first-order chi connectivity index (χ1) is 17.7. The van der Waals surface area contributed by atoms with Gasteiger partial charge < -0.3 is 9.84 Å². The third-order valence-corrected chi connectivity index (χ3v) is 6.07. The predicted molar refractivity (Wildman–Crippen MR) is 142 cm³/mol. The van der Waals surface area contributed by atoms with Crippen LogP contribution in [0.4, 0.5) is 0 Å². The molecule has 0 aliphatic rings. The van der Waals surface area contributed by atoms with Crippen LogP contribution in [0.15, 0.2) is 109 Å². The molecule has 1 heterocycles. The van der Waals surface area contributed by atoms with E-state index >= 15 is 0 Å². The number of nitrogens with zero attached hydrogens (tertiary/aromatic N) is 2. The zero-order chi connectivity index (χ0) is 24.9. The molecule has 5 aromatic rings. The maximum absolute atomic E-state index is 11.0. The first-order valence-corrected chi connectivity index (χ1v) is 11.9. The van der Waals surface area contributed by atoms with Gasteiger partial charge in [-0.25, -0.2) is 9.48 Å². The Kier molecular flexibility index (Phi) is 6.63. The molecule has 5 nitrogen and oxygen atoms in total. The van der Waals surface area contributed by atoms with Crippen molar-refractivity contribution in [2.24, 2.45) is 0 Å². The number of rotatable bonds is 8. The van der Waals surface area contributed by atoms with Crippen LogP contribution >= 0.6 is 0 Å². The molecule has 0 aliphatic heterocycles. The van der Waals surface area contributed by atoms with Gasteiger partial charge in [-0.15, -0.1) is 0 Å². The number of carboxylic acid groups (broad SMARTS) is 1. The SMILES string of the molecule is CCc1c(-c2ccccc2)c(-c2ccccc2)nn1-c1ccccc1-c1cccc(O[14CH2]C(=O)O)c1. The standard InChI is InChI=1S/C31H26N2O3/c1-2-27-30(22-12-5-3-6-13-22)31(23-14-7-4-8-15-23)32-33(27)28-19-10-9-18-26(28)24-16-11-17-25(20-24)36-21-29(34)35/h3-20H,2,21H2,1H3,(H,34,35)/i21+2. The number of carbonyl (C=O) groups is 1. The summed E-state index contributed by atoms with van der Waals surface area (Å²) in [5.74, 6) is -0.498. The van der Waals surface area contributed by atoms with Gasteiger partial charge in [0.25, 0.3) is 0 Å². The third-order valence-electron chi connectivity index (χ3n) is 6.07. The van der Waals surface area contributed by atoms with E-state index in [0.717, 1.165) is 51.3 Å². The zero-order valence-electron chi connectivity index (χ0n) is 20.0. The summed E-state index contributed by atoms with van der Waals surface area (Å²) in [4.78, 5) is 11.0. The molecule has 5 rings (SSSR count). The van der Waals surface area contributed by atoms with Crippen LogP contribution in [-0.4, -0.2) is 27.5 Å². The van der Waals surface area contributed by atoms with Crippen molar-refractivity contribution < 1.29 is 14.6 Å². The van der Waals surface area contributed by atoms with Crippen LogP contribution in [0.25, 0.3) is 39.2 Å². The van der Waals surface area contributed by atoms with Crippen molar-refractivity contribution in [3.8, 4) is 44.9 Å². The summed E-state index contributed by atoms with van der Waals surface area (Å²) < 4.78 is 7.48. The number of aromatic nitrogens is 2. The Balaban J connectivity index is 1.70. The molecule has 0 fully saturated rings. The van der Waals surface area contributed by atoms with Crippen LogP contribution in [-0.2, 0) is 11.2 Å². The molecule has 1 aromatic heterocycles. The first kappa shape index (κ1) is 23.1. The van der Waals surface area contributed by atoms with Crippen LogP contribution in [0.2, 0.25) is 0 Å². The lowest BCUT2D eigenvalue weighted by atomic mass is 9.97. The van der Waals surface area contributed by atoms with Crippen LogP contribution < -0.4 is 4.74 Å². The second kappa shape index (κ2) is 10.3. The maximum Gasteiger partial charge on any atom is 0.341 e. The normalized spacial score (nSPS) is 10.8. The topological polar surface area (TPSA) is 64.4 Å². The highest BCUT2D eigenvalue weighted by Crippen LogP contribution is 2.38. The smallest absolute Gasteiger partial charge is 0.341 e. The van der Waals surface area contributed by atoms with Gasteiger partial charge in [-0.1, -0.05) is 97.9 Å². The van der Waals surface area contributed by atoms with Crippen molar-refractivity contribution in [1.82, 2.24) is 9.78 Å². The number of benzene rings is 4. The fourth-order valence-electron chi connectivity index (χ4n) is 4.49. The van der Waals surface area contributed by atoms with Crippen molar-refractivity contribution in [3.05, 3.63) is 115 Å². The maximum atomic E-state index is 11.0. The van der Waals surface area contributed by atoms with Gasteiger partial charge in [-0.2, -0.15) is 5.10 Å². The minimum absolute atomic E-state index is 0.384. The Morgan fingerprint density at radius 2 is 1.47 bits per heavy atom. The van der Waals surface area contributed by atoms with Gasteiger partial charge >= 0.3 is 5.97 Å². The van der Waals surface area contributed by atoms with Gasteiger partial charge in [-0.3, -0.25) is 0 Å². The largest absolute Gasteiger partial charge is 0.482 e. The minimum atomic E-state index is -1.01. The van der Waals surface area contributed by atoms with Gasteiger partial charge in [0.2, 0.25) is 0 Å². The molecular weight excluding hydrogens is 450 g/mol. The van der Waals surface area contributed by atoms with Crippen molar-refractivity contribution in [2.75, 3.05) is 6.61 Å². The van der Waals surface area contributed by atoms with Gasteiger partial charge in [0, 0.05) is 16.7 Å². The highest BCUT2D eigenvalue weighted by atomic mass is 16.7. The fourth-order valence-corrected chi connectivity index (χ4v) is 4.49. The molecule has 0 radical (unpaired) electrons.